The first kappa shape index (κ1) is 22.4. The largest absolute Gasteiger partial charge is 3.00 e. The quantitative estimate of drug-likeness (QED) is 0.483. The molecule has 0 aromatic carbocycles. The van der Waals surface area contributed by atoms with Crippen molar-refractivity contribution in [2.24, 2.45) is 0 Å². The van der Waals surface area contributed by atoms with Crippen molar-refractivity contribution in [3.05, 3.63) is 0 Å². The van der Waals surface area contributed by atoms with Gasteiger partial charge in [-0.15, -0.1) is 0 Å². The summed E-state index contributed by atoms with van der Waals surface area (Å²) in [4.78, 5) is 25.0. The summed E-state index contributed by atoms with van der Waals surface area (Å²) in [5.74, 6) is 0. The molecule has 0 aliphatic rings. The fourth-order valence-corrected chi connectivity index (χ4v) is 0. The average molecular weight is 240 g/mol. The van der Waals surface area contributed by atoms with Crippen LogP contribution >= 0.6 is 26.1 Å². The van der Waals surface area contributed by atoms with E-state index in [2.05, 4.69) is 0 Å². The van der Waals surface area contributed by atoms with Crippen LogP contribution < -0.4 is 14.7 Å². The zero-order chi connectivity index (χ0) is 8.12. The molecule has 56 valence electrons. The molecular weight excluding hydrogens is 240 g/mol. The van der Waals surface area contributed by atoms with Crippen molar-refractivity contribution in [3.63, 3.8) is 0 Å². The summed E-state index contributed by atoms with van der Waals surface area (Å²) in [5, 5.41) is 0. The molecule has 0 amide bonds. The molecule has 0 saturated heterocycles. The van der Waals surface area contributed by atoms with E-state index in [4.69, 9.17) is 28.4 Å². The maximum Gasteiger partial charge on any atom is 3.00 e. The van der Waals surface area contributed by atoms with Crippen molar-refractivity contribution >= 4 is 26.1 Å². The van der Waals surface area contributed by atoms with Crippen LogP contribution in [0.25, 0.3) is 0 Å². The van der Waals surface area contributed by atoms with Gasteiger partial charge in [-0.25, -0.2) is 0 Å². The van der Waals surface area contributed by atoms with E-state index in [9.17, 15) is 0 Å². The molecule has 0 bridgehead atoms. The molecule has 0 atom stereocenters. The Morgan fingerprint density at radius 3 is 0.700 bits per heavy atom. The predicted molar refractivity (Wildman–Crippen MR) is 22.8 cm³/mol. The minimum Gasteiger partial charge on any atom is -0.772 e. The summed E-state index contributed by atoms with van der Waals surface area (Å²) in [6.07, 6.45) is 0. The summed E-state index contributed by atoms with van der Waals surface area (Å²) in [6.45, 7) is 0. The molecule has 0 unspecified atom stereocenters. The molecule has 0 radical (unpaired) electrons. The topological polar surface area (TPSA) is 120 Å². The maximum atomic E-state index is 8.35. The molecule has 0 rings (SSSR count). The Labute approximate surface area is 73.4 Å². The second kappa shape index (κ2) is 52.9. The summed E-state index contributed by atoms with van der Waals surface area (Å²) in [7, 11) is -3.25. The fraction of sp³-hybridized carbons (Fsp3) is 0. The first-order chi connectivity index (χ1) is 4.24. The van der Waals surface area contributed by atoms with Crippen molar-refractivity contribution in [2.45, 2.75) is 0 Å². The third-order valence-electron chi connectivity index (χ3n) is 0. The molecule has 0 aromatic rings. The van der Waals surface area contributed by atoms with Gasteiger partial charge in [0.25, 0.3) is 0 Å². The zero-order valence-electron chi connectivity index (χ0n) is 4.24. The van der Waals surface area contributed by atoms with Crippen LogP contribution in [0.1, 0.15) is 0 Å². The van der Waals surface area contributed by atoms with Gasteiger partial charge >= 0.3 is 18.6 Å². The van der Waals surface area contributed by atoms with Gasteiger partial charge in [0, 0.05) is 0 Å². The fourth-order valence-electron chi connectivity index (χ4n) is 0. The van der Waals surface area contributed by atoms with Gasteiger partial charge in [-0.2, -0.15) is 0 Å². The normalized spacial score (nSPS) is 6.30. The Morgan fingerprint density at radius 1 is 0.700 bits per heavy atom. The zero-order valence-corrected chi connectivity index (χ0v) is 8.32. The van der Waals surface area contributed by atoms with E-state index in [0.29, 0.717) is 0 Å². The predicted octanol–water partition coefficient (Wildman–Crippen LogP) is -1.34. The third kappa shape index (κ3) is 904. The molecule has 0 aliphatic heterocycles. The van der Waals surface area contributed by atoms with E-state index in [1.165, 1.54) is 0 Å². The Balaban J connectivity index is -0.0000000257. The van der Waals surface area contributed by atoms with Gasteiger partial charge in [-0.3, -0.25) is 13.7 Å². The van der Waals surface area contributed by atoms with Crippen molar-refractivity contribution in [2.75, 3.05) is 0 Å². The van der Waals surface area contributed by atoms with Gasteiger partial charge in [-0.1, -0.05) is 0 Å². The molecule has 0 heterocycles. The molecular formula is O6P3V. The second-order valence-corrected chi connectivity index (χ2v) is 0.671. The molecule has 10 heteroatoms. The summed E-state index contributed by atoms with van der Waals surface area (Å²) in [5.41, 5.74) is 0. The first-order valence-electron chi connectivity index (χ1n) is 1.10. The average Bonchev–Trinajstić information content (AvgIpc) is 1.70. The van der Waals surface area contributed by atoms with E-state index in [1.54, 1.807) is 0 Å². The Bertz CT molecular complexity index is 49.7. The number of hydrogen-bond donors (Lipinski definition) is 0. The molecule has 0 aliphatic carbocycles. The third-order valence-corrected chi connectivity index (χ3v) is 0. The minimum atomic E-state index is -1.08. The van der Waals surface area contributed by atoms with Gasteiger partial charge in [0.2, 0.25) is 0 Å². The number of rotatable bonds is 0. The monoisotopic (exact) mass is 240 g/mol. The number of hydrogen-bond acceptors (Lipinski definition) is 6. The van der Waals surface area contributed by atoms with Crippen LogP contribution in [0.15, 0.2) is 0 Å². The van der Waals surface area contributed by atoms with Gasteiger partial charge < -0.3 is 14.7 Å². The molecule has 0 saturated carbocycles. The standard InChI is InChI=1S/3HO2P.V/c3*1-3-2;/h3*(H,1,2);/q;;;+3/p-3. The van der Waals surface area contributed by atoms with Crippen LogP contribution in [0.4, 0.5) is 0 Å². The van der Waals surface area contributed by atoms with Crippen LogP contribution in [0, 0.1) is 0 Å². The van der Waals surface area contributed by atoms with Crippen LogP contribution in [-0.2, 0) is 32.3 Å². The van der Waals surface area contributed by atoms with Crippen molar-refractivity contribution in [1.29, 1.82) is 0 Å². The van der Waals surface area contributed by atoms with Crippen LogP contribution in [-0.4, -0.2) is 0 Å². The Kier molecular flexibility index (Phi) is 119. The summed E-state index contributed by atoms with van der Waals surface area (Å²) >= 11 is 0. The van der Waals surface area contributed by atoms with Crippen LogP contribution in [0.2, 0.25) is 0 Å². The molecule has 0 N–H and O–H groups in total. The molecule has 6 nitrogen and oxygen atoms in total. The molecule has 0 spiro atoms. The van der Waals surface area contributed by atoms with E-state index < -0.39 is 26.1 Å². The van der Waals surface area contributed by atoms with Crippen molar-refractivity contribution < 1.29 is 46.9 Å². The summed E-state index contributed by atoms with van der Waals surface area (Å²) < 4.78 is 25.0. The maximum absolute atomic E-state index is 8.35. The SMILES string of the molecule is O=P[O-].O=P[O-].O=P[O-].[V+3]. The molecule has 10 heavy (non-hydrogen) atoms. The van der Waals surface area contributed by atoms with Gasteiger partial charge in [0.1, 0.15) is 0 Å². The minimum absolute atomic E-state index is 0. The smallest absolute Gasteiger partial charge is 0.772 e. The van der Waals surface area contributed by atoms with Crippen LogP contribution in [0.5, 0.6) is 0 Å². The van der Waals surface area contributed by atoms with Crippen LogP contribution in [0.3, 0.4) is 0 Å². The Morgan fingerprint density at radius 2 is 0.700 bits per heavy atom. The first-order valence-corrected chi connectivity index (χ1v) is 3.29. The van der Waals surface area contributed by atoms with E-state index in [1.807, 2.05) is 0 Å². The second-order valence-electron chi connectivity index (χ2n) is 0.224. The van der Waals surface area contributed by atoms with Gasteiger partial charge in [-0.05, 0) is 0 Å². The van der Waals surface area contributed by atoms with E-state index >= 15 is 0 Å². The van der Waals surface area contributed by atoms with Crippen molar-refractivity contribution in [3.8, 4) is 0 Å². The molecule has 0 aromatic heterocycles. The summed E-state index contributed by atoms with van der Waals surface area (Å²) in [6, 6.07) is 0. The van der Waals surface area contributed by atoms with Crippen molar-refractivity contribution in [1.82, 2.24) is 0 Å². The van der Waals surface area contributed by atoms with E-state index in [0.717, 1.165) is 0 Å². The van der Waals surface area contributed by atoms with Gasteiger partial charge in [0.15, 0.2) is 0 Å². The molecule has 0 fully saturated rings. The van der Waals surface area contributed by atoms with Gasteiger partial charge in [0.05, 0.1) is 26.1 Å². The van der Waals surface area contributed by atoms with E-state index in [-0.39, 0.29) is 18.6 Å². The Hall–Kier alpha value is 0.764.